The lowest BCUT2D eigenvalue weighted by molar-refractivity contribution is -0.402. The molecule has 1 unspecified atom stereocenters. The Hall–Kier alpha value is -3.70. The average molecular weight is 585 g/mol. The van der Waals surface area contributed by atoms with Crippen LogP contribution in [0.3, 0.4) is 0 Å². The van der Waals surface area contributed by atoms with Crippen LogP contribution in [0.15, 0.2) is 57.7 Å². The zero-order valence-electron chi connectivity index (χ0n) is 23.2. The Morgan fingerprint density at radius 1 is 1.07 bits per heavy atom. The highest BCUT2D eigenvalue weighted by molar-refractivity contribution is 7.52. The van der Waals surface area contributed by atoms with Crippen LogP contribution < -0.4 is 4.74 Å². The molecule has 1 aromatic heterocycles. The first-order valence-electron chi connectivity index (χ1n) is 13.2. The smallest absolute Gasteiger partial charge is 0.454 e. The number of nitro groups is 1. The molecule has 0 saturated carbocycles. The summed E-state index contributed by atoms with van der Waals surface area (Å²) >= 11 is 0. The Kier molecular flexibility index (Phi) is 8.46. The number of amidine groups is 1. The molecule has 41 heavy (non-hydrogen) atoms. The molecule has 0 radical (unpaired) electrons. The van der Waals surface area contributed by atoms with E-state index < -0.39 is 18.7 Å². The summed E-state index contributed by atoms with van der Waals surface area (Å²) in [6, 6.07) is 13.9. The number of methoxy groups -OCH3 is 1. The SMILES string of the molecule is COc1cc2c(cc1O)C/C(=N/P(=O)(OC)OC)N(Cc1ccc([N+](=O)[O-])o1)C2c1ccc(CN2CCCC2)cc1. The van der Waals surface area contributed by atoms with Gasteiger partial charge in [-0.15, -0.1) is 0 Å². The first kappa shape index (κ1) is 28.8. The van der Waals surface area contributed by atoms with Crippen LogP contribution in [-0.4, -0.2) is 60.1 Å². The predicted molar refractivity (Wildman–Crippen MR) is 151 cm³/mol. The van der Waals surface area contributed by atoms with E-state index in [2.05, 4.69) is 21.8 Å². The summed E-state index contributed by atoms with van der Waals surface area (Å²) in [6.07, 6.45) is 2.59. The van der Waals surface area contributed by atoms with Gasteiger partial charge >= 0.3 is 13.6 Å². The van der Waals surface area contributed by atoms with Crippen LogP contribution in [-0.2, 0) is 33.1 Å². The summed E-state index contributed by atoms with van der Waals surface area (Å²) < 4.78 is 38.8. The van der Waals surface area contributed by atoms with Gasteiger partial charge in [0.25, 0.3) is 0 Å². The van der Waals surface area contributed by atoms with E-state index >= 15 is 0 Å². The van der Waals surface area contributed by atoms with Gasteiger partial charge in [-0.25, -0.2) is 4.57 Å². The molecule has 0 bridgehead atoms. The molecule has 2 aromatic carbocycles. The van der Waals surface area contributed by atoms with Crippen molar-refractivity contribution in [3.63, 3.8) is 0 Å². The fourth-order valence-electron chi connectivity index (χ4n) is 5.44. The average Bonchev–Trinajstić information content (AvgIpc) is 3.66. The zero-order chi connectivity index (χ0) is 29.1. The highest BCUT2D eigenvalue weighted by atomic mass is 31.2. The van der Waals surface area contributed by atoms with Gasteiger partial charge in [-0.05, 0) is 66.4 Å². The molecule has 1 saturated heterocycles. The molecule has 2 aliphatic heterocycles. The Bertz CT molecular complexity index is 1470. The van der Waals surface area contributed by atoms with Gasteiger partial charge in [0.1, 0.15) is 16.5 Å². The largest absolute Gasteiger partial charge is 0.504 e. The number of hydrogen-bond acceptors (Lipinski definition) is 9. The number of phenolic OH excluding ortho intramolecular Hbond substituents is 1. The van der Waals surface area contributed by atoms with Crippen molar-refractivity contribution in [2.24, 2.45) is 4.76 Å². The van der Waals surface area contributed by atoms with E-state index in [1.165, 1.54) is 51.9 Å². The van der Waals surface area contributed by atoms with E-state index in [9.17, 15) is 19.8 Å². The van der Waals surface area contributed by atoms with E-state index in [-0.39, 0.29) is 24.6 Å². The molecule has 3 heterocycles. The number of aromatic hydroxyl groups is 1. The molecular formula is C28H33N4O8P. The minimum atomic E-state index is -3.87. The Balaban J connectivity index is 1.63. The molecule has 13 heteroatoms. The Morgan fingerprint density at radius 2 is 1.78 bits per heavy atom. The standard InChI is InChI=1S/C28H33N4O8P/c1-37-25-16-23-21(14-24(25)33)15-26(29-41(36,38-2)39-3)31(18-22-10-11-27(40-22)32(34)35)28(23)20-8-6-19(7-9-20)17-30-12-4-5-13-30/h6-11,14,16,28,33H,4-5,12-13,15,17-18H2,1-3H3/b29-26-. The summed E-state index contributed by atoms with van der Waals surface area (Å²) in [5.74, 6) is 0.540. The highest BCUT2D eigenvalue weighted by Gasteiger charge is 2.36. The summed E-state index contributed by atoms with van der Waals surface area (Å²) in [4.78, 5) is 15.0. The van der Waals surface area contributed by atoms with Crippen LogP contribution in [0.4, 0.5) is 5.88 Å². The molecule has 0 aliphatic carbocycles. The predicted octanol–water partition coefficient (Wildman–Crippen LogP) is 5.44. The first-order valence-corrected chi connectivity index (χ1v) is 14.7. The van der Waals surface area contributed by atoms with Gasteiger partial charge in [-0.3, -0.25) is 24.1 Å². The van der Waals surface area contributed by atoms with Crippen LogP contribution in [0.1, 0.15) is 46.9 Å². The van der Waals surface area contributed by atoms with Crippen LogP contribution in [0.2, 0.25) is 0 Å². The van der Waals surface area contributed by atoms with Crippen molar-refractivity contribution in [2.45, 2.75) is 38.4 Å². The first-order chi connectivity index (χ1) is 19.7. The number of hydrogen-bond donors (Lipinski definition) is 1. The minimum Gasteiger partial charge on any atom is -0.504 e. The number of likely N-dealkylation sites (tertiary alicyclic amines) is 1. The van der Waals surface area contributed by atoms with Gasteiger partial charge in [-0.1, -0.05) is 24.3 Å². The Labute approximate surface area is 237 Å². The molecule has 12 nitrogen and oxygen atoms in total. The van der Waals surface area contributed by atoms with Crippen LogP contribution >= 0.6 is 7.75 Å². The van der Waals surface area contributed by atoms with Crippen molar-refractivity contribution < 1.29 is 32.8 Å². The normalized spacial score (nSPS) is 18.6. The number of ether oxygens (including phenoxy) is 1. The highest BCUT2D eigenvalue weighted by Crippen LogP contribution is 2.50. The van der Waals surface area contributed by atoms with Crippen LogP contribution in [0, 0.1) is 10.1 Å². The van der Waals surface area contributed by atoms with E-state index in [0.717, 1.165) is 36.3 Å². The van der Waals surface area contributed by atoms with E-state index in [4.69, 9.17) is 18.2 Å². The fraction of sp³-hybridized carbons (Fsp3) is 0.393. The van der Waals surface area contributed by atoms with Crippen molar-refractivity contribution in [1.29, 1.82) is 0 Å². The number of benzene rings is 2. The number of phenols is 1. The van der Waals surface area contributed by atoms with E-state index in [0.29, 0.717) is 17.3 Å². The second kappa shape index (κ2) is 12.0. The van der Waals surface area contributed by atoms with Crippen molar-refractivity contribution in [2.75, 3.05) is 34.4 Å². The van der Waals surface area contributed by atoms with Crippen LogP contribution in [0.25, 0.3) is 0 Å². The molecule has 1 fully saturated rings. The third-order valence-corrected chi connectivity index (χ3v) is 8.88. The summed E-state index contributed by atoms with van der Waals surface area (Å²) in [5.41, 5.74) is 3.65. The summed E-state index contributed by atoms with van der Waals surface area (Å²) in [7, 11) is 0.106. The molecule has 2 aliphatic rings. The van der Waals surface area contributed by atoms with E-state index in [1.807, 2.05) is 17.0 Å². The third kappa shape index (κ3) is 6.15. The minimum absolute atomic E-state index is 0.0397. The zero-order valence-corrected chi connectivity index (χ0v) is 24.1. The van der Waals surface area contributed by atoms with Gasteiger partial charge in [0, 0.05) is 27.2 Å². The summed E-state index contributed by atoms with van der Waals surface area (Å²) in [5, 5.41) is 21.9. The Morgan fingerprint density at radius 3 is 2.39 bits per heavy atom. The molecule has 0 amide bonds. The number of nitrogens with zero attached hydrogens (tertiary/aromatic N) is 4. The third-order valence-electron chi connectivity index (χ3n) is 7.48. The van der Waals surface area contributed by atoms with Gasteiger partial charge < -0.3 is 19.2 Å². The number of furan rings is 1. The lowest BCUT2D eigenvalue weighted by Crippen LogP contribution is -2.40. The molecule has 3 aromatic rings. The molecule has 5 rings (SSSR count). The molecular weight excluding hydrogens is 551 g/mol. The topological polar surface area (TPSA) is 140 Å². The van der Waals surface area contributed by atoms with Gasteiger partial charge in [0.2, 0.25) is 0 Å². The van der Waals surface area contributed by atoms with Crippen molar-refractivity contribution in [3.05, 3.63) is 86.7 Å². The number of rotatable bonds is 10. The van der Waals surface area contributed by atoms with Gasteiger partial charge in [-0.2, -0.15) is 4.76 Å². The van der Waals surface area contributed by atoms with Crippen LogP contribution in [0.5, 0.6) is 11.5 Å². The maximum absolute atomic E-state index is 13.2. The second-order valence-corrected chi connectivity index (χ2v) is 11.9. The maximum Gasteiger partial charge on any atom is 0.454 e. The fourth-order valence-corrected chi connectivity index (χ4v) is 6.22. The lowest BCUT2D eigenvalue weighted by Gasteiger charge is -2.40. The van der Waals surface area contributed by atoms with Crippen molar-refractivity contribution in [1.82, 2.24) is 9.80 Å². The quantitative estimate of drug-likeness (QED) is 0.186. The monoisotopic (exact) mass is 584 g/mol. The molecule has 218 valence electrons. The number of fused-ring (bicyclic) bond motifs is 1. The maximum atomic E-state index is 13.2. The summed E-state index contributed by atoms with van der Waals surface area (Å²) in [6.45, 7) is 3.11. The molecule has 1 atom stereocenters. The molecule has 1 N–H and O–H groups in total. The van der Waals surface area contributed by atoms with Gasteiger partial charge in [0.15, 0.2) is 11.5 Å². The van der Waals surface area contributed by atoms with Gasteiger partial charge in [0.05, 0.1) is 25.8 Å². The van der Waals surface area contributed by atoms with E-state index in [1.54, 1.807) is 12.1 Å². The van der Waals surface area contributed by atoms with Crippen molar-refractivity contribution >= 4 is 19.5 Å². The van der Waals surface area contributed by atoms with Crippen molar-refractivity contribution in [3.8, 4) is 11.5 Å². The molecule has 0 spiro atoms. The lowest BCUT2D eigenvalue weighted by atomic mass is 9.86. The second-order valence-electron chi connectivity index (χ2n) is 10.0.